The number of pyridine rings is 1. The van der Waals surface area contributed by atoms with Gasteiger partial charge in [-0.05, 0) is 13.0 Å². The normalized spacial score (nSPS) is 12.3. The van der Waals surface area contributed by atoms with Crippen molar-refractivity contribution in [1.29, 1.82) is 0 Å². The number of nitrogens with zero attached hydrogens (tertiary/aromatic N) is 3. The van der Waals surface area contributed by atoms with Crippen LogP contribution in [0.4, 0.5) is 5.82 Å². The summed E-state index contributed by atoms with van der Waals surface area (Å²) in [5.74, 6) is 3.33. The topological polar surface area (TPSA) is 42.7 Å². The van der Waals surface area contributed by atoms with Gasteiger partial charge in [0.15, 0.2) is 5.82 Å². The van der Waals surface area contributed by atoms with Crippen molar-refractivity contribution in [1.82, 2.24) is 14.5 Å². The summed E-state index contributed by atoms with van der Waals surface area (Å²) < 4.78 is 1.95. The van der Waals surface area contributed by atoms with E-state index in [2.05, 4.69) is 21.2 Å². The molecular formula is C11H12N4. The van der Waals surface area contributed by atoms with Crippen LogP contribution in [0.5, 0.6) is 0 Å². The summed E-state index contributed by atoms with van der Waals surface area (Å²) in [4.78, 5) is 8.50. The molecule has 0 aromatic carbocycles. The maximum absolute atomic E-state index is 5.30. The molecular weight excluding hydrogens is 188 g/mol. The predicted octanol–water partition coefficient (Wildman–Crippen LogP) is 1.40. The first-order valence-electron chi connectivity index (χ1n) is 4.71. The molecule has 1 N–H and O–H groups in total. The zero-order valence-electron chi connectivity index (χ0n) is 8.73. The molecule has 0 amide bonds. The van der Waals surface area contributed by atoms with Crippen molar-refractivity contribution < 1.29 is 0 Å². The van der Waals surface area contributed by atoms with Gasteiger partial charge in [0.2, 0.25) is 0 Å². The van der Waals surface area contributed by atoms with Crippen molar-refractivity contribution in [2.24, 2.45) is 7.05 Å². The van der Waals surface area contributed by atoms with Gasteiger partial charge in [0.25, 0.3) is 0 Å². The number of imidazole rings is 1. The highest BCUT2D eigenvalue weighted by molar-refractivity contribution is 5.85. The summed E-state index contributed by atoms with van der Waals surface area (Å²) in [6.45, 7) is 1.91. The average molecular weight is 200 g/mol. The number of aryl methyl sites for hydroxylation is 1. The highest BCUT2D eigenvalue weighted by atomic mass is 15.1. The summed E-state index contributed by atoms with van der Waals surface area (Å²) in [5.41, 5.74) is 1.89. The zero-order valence-corrected chi connectivity index (χ0v) is 8.73. The minimum atomic E-state index is -0.0508. The molecule has 0 radical (unpaired) electrons. The van der Waals surface area contributed by atoms with Crippen LogP contribution in [0.2, 0.25) is 0 Å². The van der Waals surface area contributed by atoms with Crippen molar-refractivity contribution >= 4 is 16.9 Å². The Morgan fingerprint density at radius 2 is 2.33 bits per heavy atom. The van der Waals surface area contributed by atoms with Gasteiger partial charge in [-0.25, -0.2) is 9.97 Å². The van der Waals surface area contributed by atoms with Gasteiger partial charge in [0.05, 0.1) is 17.9 Å². The maximum Gasteiger partial charge on any atom is 0.155 e. The van der Waals surface area contributed by atoms with E-state index in [1.807, 2.05) is 24.6 Å². The second-order valence-corrected chi connectivity index (χ2v) is 3.42. The van der Waals surface area contributed by atoms with E-state index in [-0.39, 0.29) is 6.04 Å². The Bertz CT molecular complexity index is 521. The van der Waals surface area contributed by atoms with Gasteiger partial charge < -0.3 is 9.88 Å². The van der Waals surface area contributed by atoms with Gasteiger partial charge in [-0.15, -0.1) is 6.42 Å². The molecule has 0 bridgehead atoms. The quantitative estimate of drug-likeness (QED) is 0.745. The van der Waals surface area contributed by atoms with Crippen LogP contribution in [0.3, 0.4) is 0 Å². The van der Waals surface area contributed by atoms with Gasteiger partial charge >= 0.3 is 0 Å². The second-order valence-electron chi connectivity index (χ2n) is 3.42. The third-order valence-electron chi connectivity index (χ3n) is 2.25. The van der Waals surface area contributed by atoms with Gasteiger partial charge in [0, 0.05) is 13.2 Å². The molecule has 4 heteroatoms. The molecule has 0 aliphatic rings. The first-order chi connectivity index (χ1) is 7.22. The first-order valence-corrected chi connectivity index (χ1v) is 4.71. The van der Waals surface area contributed by atoms with E-state index in [4.69, 9.17) is 6.42 Å². The van der Waals surface area contributed by atoms with Gasteiger partial charge in [-0.2, -0.15) is 0 Å². The minimum absolute atomic E-state index is 0.0508. The largest absolute Gasteiger partial charge is 0.355 e. The predicted molar refractivity (Wildman–Crippen MR) is 60.4 cm³/mol. The molecule has 4 nitrogen and oxygen atoms in total. The molecule has 0 aliphatic carbocycles. The molecule has 76 valence electrons. The smallest absolute Gasteiger partial charge is 0.155 e. The van der Waals surface area contributed by atoms with Crippen LogP contribution in [0.25, 0.3) is 11.0 Å². The van der Waals surface area contributed by atoms with E-state index >= 15 is 0 Å². The molecule has 2 heterocycles. The third kappa shape index (κ3) is 1.64. The summed E-state index contributed by atoms with van der Waals surface area (Å²) >= 11 is 0. The Labute approximate surface area is 88.3 Å². The van der Waals surface area contributed by atoms with Gasteiger partial charge in [0.1, 0.15) is 5.52 Å². The van der Waals surface area contributed by atoms with Crippen molar-refractivity contribution in [2.45, 2.75) is 13.0 Å². The Morgan fingerprint density at radius 1 is 1.53 bits per heavy atom. The molecule has 2 rings (SSSR count). The number of anilines is 1. The number of rotatable bonds is 2. The third-order valence-corrected chi connectivity index (χ3v) is 2.25. The van der Waals surface area contributed by atoms with E-state index in [0.29, 0.717) is 0 Å². The molecule has 0 saturated carbocycles. The molecule has 0 spiro atoms. The van der Waals surface area contributed by atoms with E-state index in [9.17, 15) is 0 Å². The summed E-state index contributed by atoms with van der Waals surface area (Å²) in [6, 6.07) is 1.87. The fourth-order valence-corrected chi connectivity index (χ4v) is 1.41. The van der Waals surface area contributed by atoms with E-state index in [1.165, 1.54) is 0 Å². The lowest BCUT2D eigenvalue weighted by atomic mass is 10.3. The zero-order chi connectivity index (χ0) is 10.8. The van der Waals surface area contributed by atoms with Crippen LogP contribution in [0, 0.1) is 12.3 Å². The fraction of sp³-hybridized carbons (Fsp3) is 0.273. The number of fused-ring (bicyclic) bond motifs is 1. The molecule has 1 unspecified atom stereocenters. The number of hydrogen-bond acceptors (Lipinski definition) is 3. The lowest BCUT2D eigenvalue weighted by Crippen LogP contribution is -2.13. The lowest BCUT2D eigenvalue weighted by Gasteiger charge is -2.08. The maximum atomic E-state index is 5.30. The van der Waals surface area contributed by atoms with Crippen molar-refractivity contribution in [3.8, 4) is 12.3 Å². The van der Waals surface area contributed by atoms with Crippen LogP contribution in [0.1, 0.15) is 6.92 Å². The Morgan fingerprint density at radius 3 is 3.07 bits per heavy atom. The molecule has 2 aromatic rings. The Balaban J connectivity index is 2.48. The lowest BCUT2D eigenvalue weighted by molar-refractivity contribution is 0.947. The summed E-state index contributed by atoms with van der Waals surface area (Å²) in [5, 5.41) is 3.12. The molecule has 2 aromatic heterocycles. The van der Waals surface area contributed by atoms with E-state index in [1.54, 1.807) is 12.5 Å². The standard InChI is InChI=1S/C11H12N4/c1-4-8(2)14-11-10-9(5-6-12-11)15(3)7-13-10/h1,5-8H,2-3H3,(H,12,14). The van der Waals surface area contributed by atoms with Gasteiger partial charge in [-0.1, -0.05) is 5.92 Å². The molecule has 0 fully saturated rings. The van der Waals surface area contributed by atoms with Crippen LogP contribution in [-0.2, 0) is 7.05 Å². The highest BCUT2D eigenvalue weighted by Crippen LogP contribution is 2.18. The SMILES string of the molecule is C#CC(C)Nc1nccc2c1ncn2C. The fourth-order valence-electron chi connectivity index (χ4n) is 1.41. The van der Waals surface area contributed by atoms with Crippen LogP contribution < -0.4 is 5.32 Å². The number of aromatic nitrogens is 3. The number of nitrogens with one attached hydrogen (secondary N) is 1. The van der Waals surface area contributed by atoms with Crippen molar-refractivity contribution in [3.63, 3.8) is 0 Å². The first kappa shape index (κ1) is 9.53. The monoisotopic (exact) mass is 200 g/mol. The average Bonchev–Trinajstić information content (AvgIpc) is 2.62. The summed E-state index contributed by atoms with van der Waals surface area (Å²) in [6.07, 6.45) is 8.81. The number of terminal acetylenes is 1. The van der Waals surface area contributed by atoms with E-state index in [0.717, 1.165) is 16.9 Å². The Kier molecular flexibility index (Phi) is 2.30. The van der Waals surface area contributed by atoms with Crippen molar-refractivity contribution in [3.05, 3.63) is 18.6 Å². The molecule has 0 aliphatic heterocycles. The highest BCUT2D eigenvalue weighted by Gasteiger charge is 2.07. The Hall–Kier alpha value is -2.02. The number of hydrogen-bond donors (Lipinski definition) is 1. The molecule has 0 saturated heterocycles. The minimum Gasteiger partial charge on any atom is -0.355 e. The molecule has 15 heavy (non-hydrogen) atoms. The van der Waals surface area contributed by atoms with Crippen LogP contribution in [-0.4, -0.2) is 20.6 Å². The van der Waals surface area contributed by atoms with Crippen LogP contribution >= 0.6 is 0 Å². The second kappa shape index (κ2) is 3.62. The summed E-state index contributed by atoms with van der Waals surface area (Å²) in [7, 11) is 1.95. The van der Waals surface area contributed by atoms with E-state index < -0.39 is 0 Å². The van der Waals surface area contributed by atoms with Crippen molar-refractivity contribution in [2.75, 3.05) is 5.32 Å². The van der Waals surface area contributed by atoms with Crippen LogP contribution in [0.15, 0.2) is 18.6 Å². The van der Waals surface area contributed by atoms with Gasteiger partial charge in [-0.3, -0.25) is 0 Å². The molecule has 1 atom stereocenters.